The van der Waals surface area contributed by atoms with E-state index in [1.165, 1.54) is 0 Å². The highest BCUT2D eigenvalue weighted by atomic mass is 19.1. The van der Waals surface area contributed by atoms with Crippen LogP contribution in [0.2, 0.25) is 0 Å². The Morgan fingerprint density at radius 1 is 1.22 bits per heavy atom. The van der Waals surface area contributed by atoms with Gasteiger partial charge in [0.15, 0.2) is 0 Å². The van der Waals surface area contributed by atoms with E-state index in [2.05, 4.69) is 9.97 Å². The summed E-state index contributed by atoms with van der Waals surface area (Å²) in [4.78, 5) is 8.26. The largest absolute Gasteiger partial charge is 0.325 e. The van der Waals surface area contributed by atoms with E-state index in [0.717, 1.165) is 16.8 Å². The lowest BCUT2D eigenvalue weighted by molar-refractivity contribution is 0.396. The Balaban J connectivity index is 2.20. The van der Waals surface area contributed by atoms with Gasteiger partial charge in [0.2, 0.25) is 0 Å². The smallest absolute Gasteiger partial charge is 0.105 e. The quantitative estimate of drug-likeness (QED) is 0.900. The van der Waals surface area contributed by atoms with E-state index < -0.39 is 12.7 Å². The summed E-state index contributed by atoms with van der Waals surface area (Å²) in [7, 11) is 0. The third-order valence-corrected chi connectivity index (χ3v) is 3.12. The molecule has 18 heavy (non-hydrogen) atoms. The van der Waals surface area contributed by atoms with Crippen molar-refractivity contribution in [2.45, 2.75) is 18.9 Å². The molecule has 0 aliphatic rings. The van der Waals surface area contributed by atoms with Crippen molar-refractivity contribution < 1.29 is 4.39 Å². The molecule has 2 atom stereocenters. The minimum atomic E-state index is -0.507. The van der Waals surface area contributed by atoms with Gasteiger partial charge in [0, 0.05) is 24.0 Å². The maximum Gasteiger partial charge on any atom is 0.105 e. The van der Waals surface area contributed by atoms with Crippen LogP contribution in [0.4, 0.5) is 4.39 Å². The molecule has 1 aromatic heterocycles. The number of hydrogen-bond donors (Lipinski definition) is 1. The van der Waals surface area contributed by atoms with E-state index >= 15 is 0 Å². The molecular weight excluding hydrogens is 229 g/mol. The van der Waals surface area contributed by atoms with Crippen LogP contribution in [-0.4, -0.2) is 22.7 Å². The summed E-state index contributed by atoms with van der Waals surface area (Å²) in [5.74, 6) is 0.00547. The molecule has 0 aliphatic heterocycles. The van der Waals surface area contributed by atoms with Gasteiger partial charge in [-0.05, 0) is 11.5 Å². The van der Waals surface area contributed by atoms with Crippen LogP contribution in [0.3, 0.4) is 0 Å². The Morgan fingerprint density at radius 2 is 1.94 bits per heavy atom. The zero-order valence-electron chi connectivity index (χ0n) is 10.3. The van der Waals surface area contributed by atoms with Crippen molar-refractivity contribution in [3.8, 4) is 11.3 Å². The second kappa shape index (κ2) is 5.69. The van der Waals surface area contributed by atoms with Gasteiger partial charge in [-0.1, -0.05) is 31.2 Å². The number of hydrogen-bond acceptors (Lipinski definition) is 3. The highest BCUT2D eigenvalue weighted by Gasteiger charge is 2.14. The first kappa shape index (κ1) is 12.6. The first-order chi connectivity index (χ1) is 8.72. The van der Waals surface area contributed by atoms with Gasteiger partial charge >= 0.3 is 0 Å². The fourth-order valence-corrected chi connectivity index (χ4v) is 1.79. The molecule has 0 saturated carbocycles. The summed E-state index contributed by atoms with van der Waals surface area (Å²) < 4.78 is 12.5. The highest BCUT2D eigenvalue weighted by Crippen LogP contribution is 2.22. The molecule has 2 rings (SSSR count). The minimum Gasteiger partial charge on any atom is -0.325 e. The van der Waals surface area contributed by atoms with E-state index in [4.69, 9.17) is 5.73 Å². The number of halogens is 1. The first-order valence-electron chi connectivity index (χ1n) is 5.90. The molecule has 0 aliphatic carbocycles. The maximum absolute atomic E-state index is 12.5. The average Bonchev–Trinajstić information content (AvgIpc) is 2.47. The molecule has 2 unspecified atom stereocenters. The Labute approximate surface area is 106 Å². The highest BCUT2D eigenvalue weighted by molar-refractivity contribution is 5.58. The molecule has 2 aromatic rings. The summed E-state index contributed by atoms with van der Waals surface area (Å²) in [5.41, 5.74) is 8.55. The maximum atomic E-state index is 12.5. The van der Waals surface area contributed by atoms with Crippen LogP contribution in [0.5, 0.6) is 0 Å². The summed E-state index contributed by atoms with van der Waals surface area (Å²) in [6.07, 6.45) is 5.01. The molecule has 0 radical (unpaired) electrons. The summed E-state index contributed by atoms with van der Waals surface area (Å²) in [6, 6.07) is 7.39. The molecule has 0 spiro atoms. The summed E-state index contributed by atoms with van der Waals surface area (Å²) >= 11 is 0. The van der Waals surface area contributed by atoms with Gasteiger partial charge in [0.25, 0.3) is 0 Å². The van der Waals surface area contributed by atoms with Crippen LogP contribution in [-0.2, 0) is 0 Å². The Kier molecular flexibility index (Phi) is 3.99. The summed E-state index contributed by atoms with van der Waals surface area (Å²) in [6.45, 7) is 1.43. The Bertz CT molecular complexity index is 484. The van der Waals surface area contributed by atoms with Crippen molar-refractivity contribution in [2.24, 2.45) is 5.73 Å². The van der Waals surface area contributed by atoms with Crippen LogP contribution < -0.4 is 5.73 Å². The van der Waals surface area contributed by atoms with Gasteiger partial charge < -0.3 is 5.73 Å². The normalized spacial score (nSPS) is 14.2. The number of rotatable bonds is 4. The SMILES string of the molecule is CC(c1ccc(-c2cnccn2)cc1)C(N)CF. The van der Waals surface area contributed by atoms with E-state index in [9.17, 15) is 4.39 Å². The third-order valence-electron chi connectivity index (χ3n) is 3.12. The van der Waals surface area contributed by atoms with Gasteiger partial charge in [0.05, 0.1) is 11.9 Å². The van der Waals surface area contributed by atoms with Crippen molar-refractivity contribution in [2.75, 3.05) is 6.67 Å². The average molecular weight is 245 g/mol. The van der Waals surface area contributed by atoms with Crippen LogP contribution in [0.25, 0.3) is 11.3 Å². The predicted molar refractivity (Wildman–Crippen MR) is 69.8 cm³/mol. The minimum absolute atomic E-state index is 0.00547. The standard InChI is InChI=1S/C14H16FN3/c1-10(13(16)8-15)11-2-4-12(5-3-11)14-9-17-6-7-18-14/h2-7,9-10,13H,8,16H2,1H3. The molecule has 0 fully saturated rings. The molecule has 0 bridgehead atoms. The molecular formula is C14H16FN3. The van der Waals surface area contributed by atoms with Gasteiger partial charge in [0.1, 0.15) is 6.67 Å². The van der Waals surface area contributed by atoms with Crippen LogP contribution in [0, 0.1) is 0 Å². The number of alkyl halides is 1. The van der Waals surface area contributed by atoms with Gasteiger partial charge in [-0.25, -0.2) is 4.39 Å². The van der Waals surface area contributed by atoms with E-state index in [1.54, 1.807) is 18.6 Å². The number of benzene rings is 1. The van der Waals surface area contributed by atoms with Crippen LogP contribution in [0.1, 0.15) is 18.4 Å². The molecule has 94 valence electrons. The third kappa shape index (κ3) is 2.71. The predicted octanol–water partition coefficient (Wildman–Crippen LogP) is 2.54. The zero-order chi connectivity index (χ0) is 13.0. The number of nitrogens with zero attached hydrogens (tertiary/aromatic N) is 2. The van der Waals surface area contributed by atoms with Crippen LogP contribution in [0.15, 0.2) is 42.9 Å². The fourth-order valence-electron chi connectivity index (χ4n) is 1.79. The molecule has 0 amide bonds. The molecule has 0 saturated heterocycles. The van der Waals surface area contributed by atoms with Crippen LogP contribution >= 0.6 is 0 Å². The summed E-state index contributed by atoms with van der Waals surface area (Å²) in [5, 5.41) is 0. The van der Waals surface area contributed by atoms with E-state index in [0.29, 0.717) is 0 Å². The van der Waals surface area contributed by atoms with Crippen molar-refractivity contribution >= 4 is 0 Å². The first-order valence-corrected chi connectivity index (χ1v) is 5.90. The second-order valence-electron chi connectivity index (χ2n) is 4.32. The van der Waals surface area contributed by atoms with E-state index in [-0.39, 0.29) is 5.92 Å². The van der Waals surface area contributed by atoms with Crippen molar-refractivity contribution in [3.63, 3.8) is 0 Å². The lowest BCUT2D eigenvalue weighted by Crippen LogP contribution is -2.28. The second-order valence-corrected chi connectivity index (χ2v) is 4.32. The number of aromatic nitrogens is 2. The molecule has 1 aromatic carbocycles. The Hall–Kier alpha value is -1.81. The topological polar surface area (TPSA) is 51.8 Å². The molecule has 2 N–H and O–H groups in total. The molecule has 4 heteroatoms. The van der Waals surface area contributed by atoms with Gasteiger partial charge in [-0.15, -0.1) is 0 Å². The van der Waals surface area contributed by atoms with Crippen molar-refractivity contribution in [1.82, 2.24) is 9.97 Å². The van der Waals surface area contributed by atoms with Crippen molar-refractivity contribution in [3.05, 3.63) is 48.4 Å². The zero-order valence-corrected chi connectivity index (χ0v) is 10.3. The molecule has 1 heterocycles. The van der Waals surface area contributed by atoms with Crippen molar-refractivity contribution in [1.29, 1.82) is 0 Å². The lowest BCUT2D eigenvalue weighted by Gasteiger charge is -2.17. The Morgan fingerprint density at radius 3 is 2.50 bits per heavy atom. The molecule has 3 nitrogen and oxygen atoms in total. The van der Waals surface area contributed by atoms with E-state index in [1.807, 2.05) is 31.2 Å². The fraction of sp³-hybridized carbons (Fsp3) is 0.286. The lowest BCUT2D eigenvalue weighted by atomic mass is 9.93. The van der Waals surface area contributed by atoms with Gasteiger partial charge in [-0.3, -0.25) is 9.97 Å². The monoisotopic (exact) mass is 245 g/mol. The number of nitrogens with two attached hydrogens (primary N) is 1. The van der Waals surface area contributed by atoms with Gasteiger partial charge in [-0.2, -0.15) is 0 Å².